The van der Waals surface area contributed by atoms with Crippen LogP contribution < -0.4 is 5.32 Å². The molecule has 3 aliphatic rings. The molecule has 3 atom stereocenters. The molecule has 4 nitrogen and oxygen atoms in total. The molecule has 28 heavy (non-hydrogen) atoms. The summed E-state index contributed by atoms with van der Waals surface area (Å²) >= 11 is 0. The summed E-state index contributed by atoms with van der Waals surface area (Å²) in [6, 6.07) is 15.1. The van der Waals surface area contributed by atoms with E-state index in [0.717, 1.165) is 57.3 Å². The third kappa shape index (κ3) is 3.14. The Morgan fingerprint density at radius 3 is 2.93 bits per heavy atom. The highest BCUT2D eigenvalue weighted by Gasteiger charge is 2.62. The molecular weight excluding hydrogens is 346 g/mol. The van der Waals surface area contributed by atoms with Crippen molar-refractivity contribution in [3.05, 3.63) is 65.5 Å². The molecule has 1 aromatic heterocycles. The van der Waals surface area contributed by atoms with Gasteiger partial charge < -0.3 is 10.2 Å². The van der Waals surface area contributed by atoms with Gasteiger partial charge in [-0.05, 0) is 74.9 Å². The van der Waals surface area contributed by atoms with E-state index in [4.69, 9.17) is 0 Å². The highest BCUT2D eigenvalue weighted by atomic mass is 16.2. The van der Waals surface area contributed by atoms with Gasteiger partial charge in [-0.2, -0.15) is 0 Å². The number of fused-ring (bicyclic) bond motifs is 2. The Morgan fingerprint density at radius 1 is 1.14 bits per heavy atom. The molecule has 1 N–H and O–H groups in total. The second kappa shape index (κ2) is 7.32. The Kier molecular flexibility index (Phi) is 4.67. The molecule has 1 saturated carbocycles. The van der Waals surface area contributed by atoms with E-state index in [9.17, 15) is 4.79 Å². The zero-order valence-electron chi connectivity index (χ0n) is 16.4. The Bertz CT molecular complexity index is 844. The number of rotatable bonds is 4. The molecule has 1 amide bonds. The number of hydrogen-bond acceptors (Lipinski definition) is 3. The van der Waals surface area contributed by atoms with Crippen molar-refractivity contribution in [2.45, 2.75) is 56.5 Å². The van der Waals surface area contributed by atoms with Gasteiger partial charge in [0.1, 0.15) is 0 Å². The van der Waals surface area contributed by atoms with E-state index >= 15 is 0 Å². The molecule has 3 unspecified atom stereocenters. The number of aryl methyl sites for hydroxylation is 1. The molecule has 0 bridgehead atoms. The van der Waals surface area contributed by atoms with Crippen LogP contribution in [0, 0.1) is 5.92 Å². The van der Waals surface area contributed by atoms with Gasteiger partial charge in [0.2, 0.25) is 5.91 Å². The molecule has 2 aromatic rings. The summed E-state index contributed by atoms with van der Waals surface area (Å²) in [6.07, 6.45) is 8.36. The summed E-state index contributed by atoms with van der Waals surface area (Å²) < 4.78 is 0. The quantitative estimate of drug-likeness (QED) is 0.890. The van der Waals surface area contributed by atoms with Gasteiger partial charge in [0.05, 0.1) is 12.2 Å². The normalized spacial score (nSPS) is 28.6. The van der Waals surface area contributed by atoms with Crippen molar-refractivity contribution in [3.63, 3.8) is 0 Å². The molecular formula is C24H29N3O. The van der Waals surface area contributed by atoms with Gasteiger partial charge in [-0.3, -0.25) is 9.78 Å². The van der Waals surface area contributed by atoms with Crippen molar-refractivity contribution in [1.82, 2.24) is 15.2 Å². The third-order valence-electron chi connectivity index (χ3n) is 7.10. The zero-order chi connectivity index (χ0) is 19.0. The van der Waals surface area contributed by atoms with E-state index in [0.29, 0.717) is 18.5 Å². The van der Waals surface area contributed by atoms with Crippen molar-refractivity contribution in [1.29, 1.82) is 0 Å². The van der Waals surface area contributed by atoms with Gasteiger partial charge in [0.15, 0.2) is 0 Å². The van der Waals surface area contributed by atoms with Crippen LogP contribution in [0.5, 0.6) is 0 Å². The fourth-order valence-corrected chi connectivity index (χ4v) is 5.49. The predicted octanol–water partition coefficient (Wildman–Crippen LogP) is 3.46. The Labute approximate surface area is 167 Å². The summed E-state index contributed by atoms with van der Waals surface area (Å²) in [4.78, 5) is 20.5. The van der Waals surface area contributed by atoms with Crippen molar-refractivity contribution < 1.29 is 4.79 Å². The molecule has 1 spiro atoms. The topological polar surface area (TPSA) is 45.2 Å². The molecule has 2 heterocycles. The van der Waals surface area contributed by atoms with Gasteiger partial charge in [-0.15, -0.1) is 0 Å². The Balaban J connectivity index is 1.40. The summed E-state index contributed by atoms with van der Waals surface area (Å²) in [5.41, 5.74) is 4.00. The van der Waals surface area contributed by atoms with Crippen LogP contribution in [0.4, 0.5) is 0 Å². The Morgan fingerprint density at radius 2 is 2.04 bits per heavy atom. The maximum atomic E-state index is 13.8. The minimum absolute atomic E-state index is 0.110. The number of hydrogen-bond donors (Lipinski definition) is 1. The lowest BCUT2D eigenvalue weighted by atomic mass is 9.94. The van der Waals surface area contributed by atoms with Crippen LogP contribution in [0.25, 0.3) is 0 Å². The predicted molar refractivity (Wildman–Crippen MR) is 110 cm³/mol. The van der Waals surface area contributed by atoms with Crippen molar-refractivity contribution in [2.24, 2.45) is 5.92 Å². The molecule has 1 aliphatic heterocycles. The number of nitrogens with zero attached hydrogens (tertiary/aromatic N) is 2. The van der Waals surface area contributed by atoms with Gasteiger partial charge in [-0.1, -0.05) is 30.3 Å². The number of amides is 1. The van der Waals surface area contributed by atoms with Gasteiger partial charge >= 0.3 is 0 Å². The molecule has 2 aliphatic carbocycles. The summed E-state index contributed by atoms with van der Waals surface area (Å²) in [5, 5.41) is 3.49. The lowest BCUT2D eigenvalue weighted by Gasteiger charge is -2.32. The SMILES string of the molecule is O=C(C1CC12CCc1ccccc12)N(Cc1ccccn1)C1CCCNCC1. The van der Waals surface area contributed by atoms with Crippen molar-refractivity contribution >= 4 is 5.91 Å². The minimum atomic E-state index is 0.110. The van der Waals surface area contributed by atoms with Crippen molar-refractivity contribution in [3.8, 4) is 0 Å². The van der Waals surface area contributed by atoms with E-state index in [1.165, 1.54) is 11.1 Å². The highest BCUT2D eigenvalue weighted by molar-refractivity contribution is 5.85. The summed E-state index contributed by atoms with van der Waals surface area (Å²) in [6.45, 7) is 2.69. The van der Waals surface area contributed by atoms with E-state index in [1.807, 2.05) is 24.4 Å². The average Bonchev–Trinajstić information content (AvgIpc) is 3.43. The Hall–Kier alpha value is -2.20. The van der Waals surface area contributed by atoms with E-state index in [2.05, 4.69) is 39.5 Å². The minimum Gasteiger partial charge on any atom is -0.333 e. The molecule has 1 aromatic carbocycles. The first-order valence-electron chi connectivity index (χ1n) is 10.8. The first-order valence-corrected chi connectivity index (χ1v) is 10.8. The van der Waals surface area contributed by atoms with Gasteiger partial charge in [-0.25, -0.2) is 0 Å². The van der Waals surface area contributed by atoms with Crippen LogP contribution in [-0.2, 0) is 23.2 Å². The molecule has 2 fully saturated rings. The van der Waals surface area contributed by atoms with Crippen molar-refractivity contribution in [2.75, 3.05) is 13.1 Å². The van der Waals surface area contributed by atoms with E-state index in [1.54, 1.807) is 0 Å². The lowest BCUT2D eigenvalue weighted by Crippen LogP contribution is -2.42. The summed E-state index contributed by atoms with van der Waals surface area (Å²) in [5.74, 6) is 0.505. The second-order valence-electron chi connectivity index (χ2n) is 8.69. The zero-order valence-corrected chi connectivity index (χ0v) is 16.4. The molecule has 0 radical (unpaired) electrons. The fraction of sp³-hybridized carbons (Fsp3) is 0.500. The maximum Gasteiger partial charge on any atom is 0.227 e. The number of nitrogens with one attached hydrogen (secondary N) is 1. The molecule has 1 saturated heterocycles. The smallest absolute Gasteiger partial charge is 0.227 e. The van der Waals surface area contributed by atoms with Crippen LogP contribution in [-0.4, -0.2) is 34.9 Å². The van der Waals surface area contributed by atoms with Crippen LogP contribution >= 0.6 is 0 Å². The number of carbonyl (C=O) groups excluding carboxylic acids is 1. The number of carbonyl (C=O) groups is 1. The van der Waals surface area contributed by atoms with Crippen LogP contribution in [0.2, 0.25) is 0 Å². The van der Waals surface area contributed by atoms with Crippen LogP contribution in [0.15, 0.2) is 48.7 Å². The van der Waals surface area contributed by atoms with Gasteiger partial charge in [0.25, 0.3) is 0 Å². The van der Waals surface area contributed by atoms with Gasteiger partial charge in [0, 0.05) is 23.6 Å². The second-order valence-corrected chi connectivity index (χ2v) is 8.69. The molecule has 146 valence electrons. The summed E-state index contributed by atoms with van der Waals surface area (Å²) in [7, 11) is 0. The largest absolute Gasteiger partial charge is 0.333 e. The number of pyridine rings is 1. The average molecular weight is 376 g/mol. The maximum absolute atomic E-state index is 13.8. The van der Waals surface area contributed by atoms with E-state index < -0.39 is 0 Å². The van der Waals surface area contributed by atoms with Crippen LogP contribution in [0.1, 0.15) is 48.9 Å². The highest BCUT2D eigenvalue weighted by Crippen LogP contribution is 2.62. The standard InChI is InChI=1S/C24H29N3O/c28-23(22-16-24(22)12-10-18-6-1-2-9-21(18)24)27(17-19-7-3-4-14-26-19)20-8-5-13-25-15-11-20/h1-4,6-7,9,14,20,22,25H,5,8,10-13,15-17H2. The first-order chi connectivity index (χ1) is 13.8. The molecule has 5 rings (SSSR count). The fourth-order valence-electron chi connectivity index (χ4n) is 5.49. The number of benzene rings is 1. The van der Waals surface area contributed by atoms with Crippen LogP contribution in [0.3, 0.4) is 0 Å². The number of aromatic nitrogens is 1. The lowest BCUT2D eigenvalue weighted by molar-refractivity contribution is -0.136. The first kappa shape index (κ1) is 17.9. The molecule has 4 heteroatoms. The monoisotopic (exact) mass is 375 g/mol. The van der Waals surface area contributed by atoms with E-state index in [-0.39, 0.29) is 11.3 Å². The third-order valence-corrected chi connectivity index (χ3v) is 7.10.